The lowest BCUT2D eigenvalue weighted by Crippen LogP contribution is -2.30. The third kappa shape index (κ3) is 6.97. The van der Waals surface area contributed by atoms with Crippen LogP contribution in [0, 0.1) is 0 Å². The number of nitrogens with zero attached hydrogens (tertiary/aromatic N) is 2. The van der Waals surface area contributed by atoms with Gasteiger partial charge in [0.1, 0.15) is 0 Å². The molecule has 0 atom stereocenters. The smallest absolute Gasteiger partial charge is 0.408 e. The van der Waals surface area contributed by atoms with Crippen LogP contribution in [0.5, 0.6) is 0 Å². The SMILES string of the molecule is COCCNCC(=O)Nc1ccc2oc(=O)n(CCN(C)C)c2c1.Cl.Cl. The zero-order valence-electron chi connectivity index (χ0n) is 15.1. The van der Waals surface area contributed by atoms with E-state index < -0.39 is 5.76 Å². The maximum absolute atomic E-state index is 12.0. The summed E-state index contributed by atoms with van der Waals surface area (Å²) in [6.45, 7) is 2.59. The number of ether oxygens (including phenoxy) is 1. The molecular weight excluding hydrogens is 383 g/mol. The molecule has 0 aliphatic rings. The zero-order valence-corrected chi connectivity index (χ0v) is 16.7. The van der Waals surface area contributed by atoms with Crippen LogP contribution < -0.4 is 16.4 Å². The summed E-state index contributed by atoms with van der Waals surface area (Å²) in [5, 5.41) is 5.78. The minimum Gasteiger partial charge on any atom is -0.408 e. The van der Waals surface area contributed by atoms with Gasteiger partial charge >= 0.3 is 5.76 Å². The van der Waals surface area contributed by atoms with Gasteiger partial charge in [0.2, 0.25) is 5.91 Å². The van der Waals surface area contributed by atoms with Gasteiger partial charge in [0.25, 0.3) is 0 Å². The highest BCUT2D eigenvalue weighted by Crippen LogP contribution is 2.18. The minimum atomic E-state index is -0.392. The topological polar surface area (TPSA) is 88.7 Å². The molecule has 1 amide bonds. The van der Waals surface area contributed by atoms with E-state index in [0.29, 0.717) is 43.0 Å². The number of carbonyl (C=O) groups is 1. The molecule has 148 valence electrons. The Balaban J connectivity index is 0.00000312. The van der Waals surface area contributed by atoms with Gasteiger partial charge < -0.3 is 24.7 Å². The number of halogens is 2. The highest BCUT2D eigenvalue weighted by molar-refractivity contribution is 5.94. The molecule has 2 N–H and O–H groups in total. The fraction of sp³-hybridized carbons (Fsp3) is 0.500. The number of hydrogen-bond acceptors (Lipinski definition) is 6. The first kappa shape index (κ1) is 24.4. The van der Waals surface area contributed by atoms with Crippen molar-refractivity contribution >= 4 is 47.5 Å². The normalized spacial score (nSPS) is 10.5. The molecule has 1 aromatic carbocycles. The van der Waals surface area contributed by atoms with Crippen molar-refractivity contribution in [2.75, 3.05) is 52.8 Å². The van der Waals surface area contributed by atoms with Crippen LogP contribution in [0.25, 0.3) is 11.1 Å². The summed E-state index contributed by atoms with van der Waals surface area (Å²) in [6, 6.07) is 5.16. The van der Waals surface area contributed by atoms with E-state index in [0.717, 1.165) is 0 Å². The monoisotopic (exact) mass is 408 g/mol. The highest BCUT2D eigenvalue weighted by Gasteiger charge is 2.11. The number of anilines is 1. The molecule has 0 radical (unpaired) electrons. The summed E-state index contributed by atoms with van der Waals surface area (Å²) in [6.07, 6.45) is 0. The van der Waals surface area contributed by atoms with Gasteiger partial charge in [0, 0.05) is 32.4 Å². The Kier molecular flexibility index (Phi) is 11.2. The number of rotatable bonds is 9. The number of likely N-dealkylation sites (N-methyl/N-ethyl adjacent to an activating group) is 1. The molecule has 2 aromatic rings. The largest absolute Gasteiger partial charge is 0.419 e. The average molecular weight is 409 g/mol. The Labute approximate surface area is 164 Å². The molecule has 10 heteroatoms. The van der Waals surface area contributed by atoms with Crippen molar-refractivity contribution in [2.45, 2.75) is 6.54 Å². The lowest BCUT2D eigenvalue weighted by atomic mass is 10.2. The lowest BCUT2D eigenvalue weighted by Gasteiger charge is -2.10. The van der Waals surface area contributed by atoms with Crippen molar-refractivity contribution in [2.24, 2.45) is 0 Å². The first-order chi connectivity index (χ1) is 11.5. The number of nitrogens with one attached hydrogen (secondary N) is 2. The van der Waals surface area contributed by atoms with Crippen LogP contribution in [-0.4, -0.2) is 62.8 Å². The number of oxazole rings is 1. The maximum Gasteiger partial charge on any atom is 0.419 e. The first-order valence-electron chi connectivity index (χ1n) is 7.79. The van der Waals surface area contributed by atoms with E-state index in [1.165, 1.54) is 0 Å². The van der Waals surface area contributed by atoms with Gasteiger partial charge in [-0.1, -0.05) is 0 Å². The predicted octanol–water partition coefficient (Wildman–Crippen LogP) is 1.17. The Morgan fingerprint density at radius 2 is 2.04 bits per heavy atom. The fourth-order valence-electron chi connectivity index (χ4n) is 2.23. The van der Waals surface area contributed by atoms with E-state index in [9.17, 15) is 9.59 Å². The van der Waals surface area contributed by atoms with Gasteiger partial charge in [-0.2, -0.15) is 0 Å². The highest BCUT2D eigenvalue weighted by atomic mass is 35.5. The number of fused-ring (bicyclic) bond motifs is 1. The van der Waals surface area contributed by atoms with Crippen molar-refractivity contribution in [3.63, 3.8) is 0 Å². The summed E-state index contributed by atoms with van der Waals surface area (Å²) in [4.78, 5) is 25.8. The van der Waals surface area contributed by atoms with Crippen LogP contribution in [0.3, 0.4) is 0 Å². The molecule has 1 heterocycles. The van der Waals surface area contributed by atoms with Gasteiger partial charge in [-0.15, -0.1) is 24.8 Å². The van der Waals surface area contributed by atoms with Crippen LogP contribution in [0.2, 0.25) is 0 Å². The Morgan fingerprint density at radius 1 is 1.31 bits per heavy atom. The van der Waals surface area contributed by atoms with Crippen molar-refractivity contribution < 1.29 is 13.9 Å². The lowest BCUT2D eigenvalue weighted by molar-refractivity contribution is -0.115. The van der Waals surface area contributed by atoms with Gasteiger partial charge in [-0.25, -0.2) is 4.79 Å². The van der Waals surface area contributed by atoms with Crippen molar-refractivity contribution in [3.05, 3.63) is 28.7 Å². The van der Waals surface area contributed by atoms with Crippen LogP contribution in [-0.2, 0) is 16.1 Å². The molecule has 2 rings (SSSR count). The molecule has 1 aromatic heterocycles. The Hall–Kier alpha value is -1.58. The molecule has 0 bridgehead atoms. The van der Waals surface area contributed by atoms with E-state index in [1.54, 1.807) is 29.9 Å². The number of carbonyl (C=O) groups excluding carboxylic acids is 1. The number of aromatic nitrogens is 1. The number of hydrogen-bond donors (Lipinski definition) is 2. The molecule has 0 aliphatic carbocycles. The summed E-state index contributed by atoms with van der Waals surface area (Å²) in [7, 11) is 5.49. The number of amides is 1. The third-order valence-electron chi connectivity index (χ3n) is 3.49. The van der Waals surface area contributed by atoms with Crippen molar-refractivity contribution in [3.8, 4) is 0 Å². The van der Waals surface area contributed by atoms with E-state index in [1.807, 2.05) is 19.0 Å². The van der Waals surface area contributed by atoms with Crippen LogP contribution in [0.4, 0.5) is 5.69 Å². The van der Waals surface area contributed by atoms with Crippen LogP contribution >= 0.6 is 24.8 Å². The number of benzene rings is 1. The molecule has 0 fully saturated rings. The standard InChI is InChI=1S/C16H24N4O4.2ClH/c1-19(2)7-8-20-13-10-12(4-5-14(13)24-16(20)22)18-15(21)11-17-6-9-23-3;;/h4-5,10,17H,6-9,11H2,1-3H3,(H,18,21);2*1H. The summed E-state index contributed by atoms with van der Waals surface area (Å²) < 4.78 is 11.7. The van der Waals surface area contributed by atoms with Gasteiger partial charge in [0.05, 0.1) is 18.7 Å². The summed E-state index contributed by atoms with van der Waals surface area (Å²) in [5.41, 5.74) is 1.81. The second-order valence-corrected chi connectivity index (χ2v) is 5.72. The Morgan fingerprint density at radius 3 is 2.69 bits per heavy atom. The average Bonchev–Trinajstić information content (AvgIpc) is 2.84. The predicted molar refractivity (Wildman–Crippen MR) is 107 cm³/mol. The van der Waals surface area contributed by atoms with E-state index >= 15 is 0 Å². The molecule has 0 saturated heterocycles. The van der Waals surface area contributed by atoms with Crippen molar-refractivity contribution in [1.29, 1.82) is 0 Å². The third-order valence-corrected chi connectivity index (χ3v) is 3.49. The summed E-state index contributed by atoms with van der Waals surface area (Å²) in [5.74, 6) is -0.548. The van der Waals surface area contributed by atoms with Crippen molar-refractivity contribution in [1.82, 2.24) is 14.8 Å². The molecular formula is C16H26Cl2N4O4. The van der Waals surface area contributed by atoms with E-state index in [2.05, 4.69) is 10.6 Å². The first-order valence-corrected chi connectivity index (χ1v) is 7.79. The molecule has 0 unspecified atom stereocenters. The van der Waals surface area contributed by atoms with E-state index in [-0.39, 0.29) is 37.3 Å². The Bertz CT molecular complexity index is 745. The second kappa shape index (κ2) is 11.9. The van der Waals surface area contributed by atoms with Crippen LogP contribution in [0.15, 0.2) is 27.4 Å². The second-order valence-electron chi connectivity index (χ2n) is 5.72. The van der Waals surface area contributed by atoms with Crippen LogP contribution in [0.1, 0.15) is 0 Å². The molecule has 0 spiro atoms. The molecule has 0 aliphatic heterocycles. The molecule has 0 saturated carbocycles. The van der Waals surface area contributed by atoms with Gasteiger partial charge in [-0.3, -0.25) is 9.36 Å². The zero-order chi connectivity index (χ0) is 17.5. The molecule has 8 nitrogen and oxygen atoms in total. The number of methoxy groups -OCH3 is 1. The maximum atomic E-state index is 12.0. The minimum absolute atomic E-state index is 0. The fourth-order valence-corrected chi connectivity index (χ4v) is 2.23. The summed E-state index contributed by atoms with van der Waals surface area (Å²) >= 11 is 0. The quantitative estimate of drug-likeness (QED) is 0.605. The molecule has 26 heavy (non-hydrogen) atoms. The van der Waals surface area contributed by atoms with Gasteiger partial charge in [0.15, 0.2) is 5.58 Å². The van der Waals surface area contributed by atoms with E-state index in [4.69, 9.17) is 9.15 Å². The van der Waals surface area contributed by atoms with Gasteiger partial charge in [-0.05, 0) is 32.3 Å².